The summed E-state index contributed by atoms with van der Waals surface area (Å²) in [6, 6.07) is 13.1. The van der Waals surface area contributed by atoms with Crippen LogP contribution in [0.4, 0.5) is 5.69 Å². The molecule has 2 aromatic carbocycles. The van der Waals surface area contributed by atoms with Crippen molar-refractivity contribution in [2.45, 2.75) is 26.2 Å². The lowest BCUT2D eigenvalue weighted by Gasteiger charge is -2.14. The summed E-state index contributed by atoms with van der Waals surface area (Å²) in [6.07, 6.45) is 1.18. The Labute approximate surface area is 142 Å². The predicted octanol–water partition coefficient (Wildman–Crippen LogP) is 3.61. The highest BCUT2D eigenvalue weighted by Crippen LogP contribution is 2.30. The van der Waals surface area contributed by atoms with E-state index < -0.39 is 16.0 Å². The van der Waals surface area contributed by atoms with Gasteiger partial charge in [-0.2, -0.15) is 0 Å². The van der Waals surface area contributed by atoms with Gasteiger partial charge < -0.3 is 5.11 Å². The highest BCUT2D eigenvalue weighted by Gasteiger charge is 2.12. The Bertz CT molecular complexity index is 859. The zero-order valence-electron chi connectivity index (χ0n) is 13.9. The second-order valence-corrected chi connectivity index (χ2v) is 7.78. The van der Waals surface area contributed by atoms with Crippen LogP contribution in [0.15, 0.2) is 42.5 Å². The van der Waals surface area contributed by atoms with Gasteiger partial charge in [0.15, 0.2) is 0 Å². The van der Waals surface area contributed by atoms with Gasteiger partial charge in [-0.3, -0.25) is 9.52 Å². The Hall–Kier alpha value is -2.34. The third kappa shape index (κ3) is 4.83. The summed E-state index contributed by atoms with van der Waals surface area (Å²) in [5.74, 6) is -0.927. The van der Waals surface area contributed by atoms with Crippen LogP contribution in [0.5, 0.6) is 0 Å². The average molecular weight is 347 g/mol. The van der Waals surface area contributed by atoms with E-state index in [1.165, 1.54) is 0 Å². The number of hydrogen-bond acceptors (Lipinski definition) is 3. The fraction of sp³-hybridized carbons (Fsp3) is 0.278. The molecule has 0 bridgehead atoms. The van der Waals surface area contributed by atoms with Crippen molar-refractivity contribution in [3.63, 3.8) is 0 Å². The first kappa shape index (κ1) is 18.0. The van der Waals surface area contributed by atoms with Crippen LogP contribution < -0.4 is 4.72 Å². The number of carbonyl (C=O) groups is 1. The molecule has 24 heavy (non-hydrogen) atoms. The van der Waals surface area contributed by atoms with Crippen molar-refractivity contribution < 1.29 is 18.3 Å². The molecule has 0 aliphatic heterocycles. The summed E-state index contributed by atoms with van der Waals surface area (Å²) < 4.78 is 25.3. The molecule has 0 spiro atoms. The standard InChI is InChI=1S/C18H21NO4S/c1-12-7-8-16(19-24(3,22)23)11-17(12)15-6-4-5-14(10-15)13(2)9-18(20)21/h4-8,10-11,13,19H,9H2,1-3H3,(H,20,21). The van der Waals surface area contributed by atoms with Gasteiger partial charge in [0.05, 0.1) is 12.7 Å². The molecule has 2 N–H and O–H groups in total. The van der Waals surface area contributed by atoms with Gasteiger partial charge in [0.25, 0.3) is 0 Å². The van der Waals surface area contributed by atoms with E-state index in [-0.39, 0.29) is 12.3 Å². The lowest BCUT2D eigenvalue weighted by Crippen LogP contribution is -2.09. The van der Waals surface area contributed by atoms with E-state index in [1.807, 2.05) is 44.2 Å². The van der Waals surface area contributed by atoms with Crippen molar-refractivity contribution in [2.24, 2.45) is 0 Å². The first-order valence-electron chi connectivity index (χ1n) is 7.56. The maximum Gasteiger partial charge on any atom is 0.303 e. The summed E-state index contributed by atoms with van der Waals surface area (Å²) in [6.45, 7) is 3.83. The first-order chi connectivity index (χ1) is 11.2. The summed E-state index contributed by atoms with van der Waals surface area (Å²) in [7, 11) is -3.34. The Morgan fingerprint density at radius 2 is 1.92 bits per heavy atom. The minimum absolute atomic E-state index is 0.0676. The van der Waals surface area contributed by atoms with Gasteiger partial charge in [-0.05, 0) is 47.2 Å². The van der Waals surface area contributed by atoms with Crippen molar-refractivity contribution >= 4 is 21.7 Å². The van der Waals surface area contributed by atoms with E-state index in [0.717, 1.165) is 28.5 Å². The van der Waals surface area contributed by atoms with Crippen molar-refractivity contribution in [1.82, 2.24) is 0 Å². The van der Waals surface area contributed by atoms with E-state index in [0.29, 0.717) is 5.69 Å². The zero-order chi connectivity index (χ0) is 17.9. The normalized spacial score (nSPS) is 12.6. The lowest BCUT2D eigenvalue weighted by molar-refractivity contribution is -0.137. The van der Waals surface area contributed by atoms with Gasteiger partial charge in [0.1, 0.15) is 0 Å². The molecular formula is C18H21NO4S. The first-order valence-corrected chi connectivity index (χ1v) is 9.45. The van der Waals surface area contributed by atoms with Gasteiger partial charge in [-0.1, -0.05) is 37.3 Å². The molecule has 0 saturated heterocycles. The molecule has 0 saturated carbocycles. The molecule has 0 radical (unpaired) electrons. The maximum atomic E-state index is 11.4. The number of sulfonamides is 1. The van der Waals surface area contributed by atoms with Crippen LogP contribution in [0, 0.1) is 6.92 Å². The molecule has 6 heteroatoms. The number of nitrogens with one attached hydrogen (secondary N) is 1. The molecule has 0 amide bonds. The predicted molar refractivity (Wildman–Crippen MR) is 95.7 cm³/mol. The third-order valence-electron chi connectivity index (χ3n) is 3.79. The van der Waals surface area contributed by atoms with Crippen LogP contribution in [0.2, 0.25) is 0 Å². The van der Waals surface area contributed by atoms with E-state index in [9.17, 15) is 13.2 Å². The van der Waals surface area contributed by atoms with Crippen molar-refractivity contribution in [3.05, 3.63) is 53.6 Å². The summed E-state index contributed by atoms with van der Waals surface area (Å²) in [5.41, 5.74) is 4.29. The van der Waals surface area contributed by atoms with Crippen LogP contribution in [-0.4, -0.2) is 25.7 Å². The number of rotatable bonds is 6. The number of hydrogen-bond donors (Lipinski definition) is 2. The van der Waals surface area contributed by atoms with Crippen LogP contribution in [0.1, 0.15) is 30.4 Å². The molecule has 0 aromatic heterocycles. The monoisotopic (exact) mass is 347 g/mol. The molecule has 1 unspecified atom stereocenters. The smallest absolute Gasteiger partial charge is 0.303 e. The SMILES string of the molecule is Cc1ccc(NS(C)(=O)=O)cc1-c1cccc(C(C)CC(=O)O)c1. The van der Waals surface area contributed by atoms with Crippen LogP contribution in [0.3, 0.4) is 0 Å². The van der Waals surface area contributed by atoms with Crippen LogP contribution in [0.25, 0.3) is 11.1 Å². The van der Waals surface area contributed by atoms with Crippen LogP contribution >= 0.6 is 0 Å². The Balaban J connectivity index is 2.41. The van der Waals surface area contributed by atoms with Crippen LogP contribution in [-0.2, 0) is 14.8 Å². The minimum atomic E-state index is -3.34. The fourth-order valence-electron chi connectivity index (χ4n) is 2.60. The van der Waals surface area contributed by atoms with Crippen molar-refractivity contribution in [2.75, 3.05) is 11.0 Å². The number of anilines is 1. The number of carboxylic acid groups (broad SMARTS) is 1. The Morgan fingerprint density at radius 3 is 2.54 bits per heavy atom. The second-order valence-electron chi connectivity index (χ2n) is 6.03. The number of aryl methyl sites for hydroxylation is 1. The largest absolute Gasteiger partial charge is 0.481 e. The lowest BCUT2D eigenvalue weighted by atomic mass is 9.92. The molecule has 0 aliphatic carbocycles. The molecule has 0 aliphatic rings. The van der Waals surface area contributed by atoms with E-state index in [4.69, 9.17) is 5.11 Å². The molecule has 0 heterocycles. The highest BCUT2D eigenvalue weighted by atomic mass is 32.2. The summed E-state index contributed by atoms with van der Waals surface area (Å²) in [5, 5.41) is 8.96. The van der Waals surface area contributed by atoms with E-state index >= 15 is 0 Å². The third-order valence-corrected chi connectivity index (χ3v) is 4.39. The number of benzene rings is 2. The van der Waals surface area contributed by atoms with Gasteiger partial charge in [-0.15, -0.1) is 0 Å². The second kappa shape index (κ2) is 7.05. The molecule has 1 atom stereocenters. The molecule has 5 nitrogen and oxygen atoms in total. The van der Waals surface area contributed by atoms with E-state index in [2.05, 4.69) is 4.72 Å². The number of carboxylic acids is 1. The van der Waals surface area contributed by atoms with Gasteiger partial charge in [0, 0.05) is 5.69 Å². The topological polar surface area (TPSA) is 83.5 Å². The van der Waals surface area contributed by atoms with Crippen molar-refractivity contribution in [3.8, 4) is 11.1 Å². The fourth-order valence-corrected chi connectivity index (χ4v) is 3.16. The summed E-state index contributed by atoms with van der Waals surface area (Å²) in [4.78, 5) is 10.9. The van der Waals surface area contributed by atoms with Gasteiger partial charge in [0.2, 0.25) is 10.0 Å². The Kier molecular flexibility index (Phi) is 5.29. The zero-order valence-corrected chi connectivity index (χ0v) is 14.7. The molecule has 0 fully saturated rings. The Morgan fingerprint density at radius 1 is 1.21 bits per heavy atom. The highest BCUT2D eigenvalue weighted by molar-refractivity contribution is 7.92. The quantitative estimate of drug-likeness (QED) is 0.836. The average Bonchev–Trinajstić information content (AvgIpc) is 2.47. The summed E-state index contributed by atoms with van der Waals surface area (Å²) >= 11 is 0. The van der Waals surface area contributed by atoms with Gasteiger partial charge >= 0.3 is 5.97 Å². The molecular weight excluding hydrogens is 326 g/mol. The minimum Gasteiger partial charge on any atom is -0.481 e. The van der Waals surface area contributed by atoms with Gasteiger partial charge in [-0.25, -0.2) is 8.42 Å². The molecule has 128 valence electrons. The molecule has 2 aromatic rings. The number of aliphatic carboxylic acids is 1. The van der Waals surface area contributed by atoms with Crippen molar-refractivity contribution in [1.29, 1.82) is 0 Å². The maximum absolute atomic E-state index is 11.4. The van der Waals surface area contributed by atoms with E-state index in [1.54, 1.807) is 12.1 Å². The molecule has 2 rings (SSSR count).